The fraction of sp³-hybridized carbons (Fsp3) is 0.394. The fourth-order valence-electron chi connectivity index (χ4n) is 5.69. The minimum atomic E-state index is -3.87. The number of benzene rings is 3. The van der Waals surface area contributed by atoms with Gasteiger partial charge in [-0.1, -0.05) is 73.0 Å². The molecule has 0 saturated heterocycles. The maximum absolute atomic E-state index is 14.4. The first-order valence-corrected chi connectivity index (χ1v) is 16.4. The predicted octanol–water partition coefficient (Wildman–Crippen LogP) is 4.58. The summed E-state index contributed by atoms with van der Waals surface area (Å²) in [6, 6.07) is 21.4. The molecule has 43 heavy (non-hydrogen) atoms. The molecule has 0 aromatic heterocycles. The number of anilines is 1. The summed E-state index contributed by atoms with van der Waals surface area (Å²) in [5, 5.41) is 3.19. The molecule has 0 spiro atoms. The Kier molecular flexibility index (Phi) is 9.55. The van der Waals surface area contributed by atoms with E-state index in [1.165, 1.54) is 11.8 Å². The van der Waals surface area contributed by atoms with Gasteiger partial charge in [0.05, 0.1) is 11.4 Å². The van der Waals surface area contributed by atoms with Crippen molar-refractivity contribution in [3.63, 3.8) is 0 Å². The summed E-state index contributed by atoms with van der Waals surface area (Å²) in [5.74, 6) is 0.0121. The summed E-state index contributed by atoms with van der Waals surface area (Å²) in [6.45, 7) is 3.23. The van der Waals surface area contributed by atoms with E-state index in [9.17, 15) is 18.0 Å². The second-order valence-corrected chi connectivity index (χ2v) is 13.3. The zero-order valence-corrected chi connectivity index (χ0v) is 25.5. The molecule has 1 atom stereocenters. The highest BCUT2D eigenvalue weighted by molar-refractivity contribution is 7.92. The van der Waals surface area contributed by atoms with E-state index in [2.05, 4.69) is 5.32 Å². The number of aryl methyl sites for hydroxylation is 1. The van der Waals surface area contributed by atoms with E-state index >= 15 is 0 Å². The molecule has 1 aliphatic heterocycles. The topological polar surface area (TPSA) is 105 Å². The Labute approximate surface area is 253 Å². The molecule has 3 aromatic carbocycles. The normalized spacial score (nSPS) is 15.2. The van der Waals surface area contributed by atoms with Crippen LogP contribution in [-0.2, 0) is 32.6 Å². The first kappa shape index (κ1) is 30.4. The molecule has 10 heteroatoms. The average Bonchev–Trinajstić information content (AvgIpc) is 3.70. The van der Waals surface area contributed by atoms with Crippen molar-refractivity contribution in [3.8, 4) is 11.5 Å². The van der Waals surface area contributed by atoms with Crippen molar-refractivity contribution in [2.75, 3.05) is 23.4 Å². The Bertz CT molecular complexity index is 1540. The number of hydrogen-bond donors (Lipinski definition) is 1. The zero-order valence-electron chi connectivity index (χ0n) is 24.7. The van der Waals surface area contributed by atoms with Crippen molar-refractivity contribution in [3.05, 3.63) is 89.5 Å². The van der Waals surface area contributed by atoms with Gasteiger partial charge in [0.25, 0.3) is 0 Å². The fourth-order valence-corrected chi connectivity index (χ4v) is 6.74. The first-order valence-electron chi connectivity index (χ1n) is 14.8. The van der Waals surface area contributed by atoms with Gasteiger partial charge in [-0.3, -0.25) is 13.9 Å². The average molecular weight is 606 g/mol. The number of carbonyl (C=O) groups excluding carboxylic acids is 2. The van der Waals surface area contributed by atoms with E-state index in [1.807, 2.05) is 61.5 Å². The second kappa shape index (κ2) is 13.5. The van der Waals surface area contributed by atoms with E-state index in [0.29, 0.717) is 23.6 Å². The van der Waals surface area contributed by atoms with E-state index in [4.69, 9.17) is 9.47 Å². The number of sulfonamides is 1. The monoisotopic (exact) mass is 605 g/mol. The smallest absolute Gasteiger partial charge is 0.244 e. The van der Waals surface area contributed by atoms with Crippen molar-refractivity contribution in [2.45, 2.75) is 64.6 Å². The van der Waals surface area contributed by atoms with Gasteiger partial charge in [0.2, 0.25) is 28.6 Å². The summed E-state index contributed by atoms with van der Waals surface area (Å²) in [6.07, 6.45) is 4.21. The summed E-state index contributed by atoms with van der Waals surface area (Å²) in [5.41, 5.74) is 3.08. The number of nitrogens with zero attached hydrogens (tertiary/aromatic N) is 2. The Morgan fingerprint density at radius 2 is 1.65 bits per heavy atom. The molecule has 9 nitrogen and oxygen atoms in total. The highest BCUT2D eigenvalue weighted by Crippen LogP contribution is 2.36. The third-order valence-corrected chi connectivity index (χ3v) is 9.77. The number of nitrogens with one attached hydrogen (secondary N) is 1. The largest absolute Gasteiger partial charge is 0.454 e. The van der Waals surface area contributed by atoms with Gasteiger partial charge in [0, 0.05) is 25.1 Å². The lowest BCUT2D eigenvalue weighted by atomic mass is 10.0. The van der Waals surface area contributed by atoms with Gasteiger partial charge in [-0.05, 0) is 49.9 Å². The Balaban J connectivity index is 1.52. The Morgan fingerprint density at radius 1 is 0.930 bits per heavy atom. The molecule has 1 heterocycles. The lowest BCUT2D eigenvalue weighted by molar-refractivity contribution is -0.140. The quantitative estimate of drug-likeness (QED) is 0.324. The molecule has 5 rings (SSSR count). The molecule has 0 unspecified atom stereocenters. The van der Waals surface area contributed by atoms with Crippen LogP contribution >= 0.6 is 0 Å². The van der Waals surface area contributed by atoms with Crippen molar-refractivity contribution in [1.29, 1.82) is 0 Å². The molecule has 1 aliphatic carbocycles. The molecule has 1 N–H and O–H groups in total. The van der Waals surface area contributed by atoms with Crippen molar-refractivity contribution >= 4 is 27.5 Å². The molecule has 228 valence electrons. The van der Waals surface area contributed by atoms with Gasteiger partial charge in [0.15, 0.2) is 11.5 Å². The van der Waals surface area contributed by atoms with Crippen LogP contribution in [0.2, 0.25) is 0 Å². The van der Waals surface area contributed by atoms with E-state index < -0.39 is 28.5 Å². The van der Waals surface area contributed by atoms with Gasteiger partial charge in [-0.15, -0.1) is 0 Å². The SMILES string of the molecule is CCS(=O)(=O)N(CC(=O)N(Cc1cccc(C)c1)[C@H](Cc1ccccc1)C(=O)NC1CCCC1)c1ccc2c(c1)OCO2. The van der Waals surface area contributed by atoms with E-state index in [0.717, 1.165) is 46.7 Å². The van der Waals surface area contributed by atoms with Crippen LogP contribution in [0.25, 0.3) is 0 Å². The highest BCUT2D eigenvalue weighted by Gasteiger charge is 2.35. The summed E-state index contributed by atoms with van der Waals surface area (Å²) >= 11 is 0. The number of hydrogen-bond acceptors (Lipinski definition) is 6. The number of carbonyl (C=O) groups is 2. The maximum atomic E-state index is 14.4. The summed E-state index contributed by atoms with van der Waals surface area (Å²) in [7, 11) is -3.87. The van der Waals surface area contributed by atoms with Crippen LogP contribution in [0.15, 0.2) is 72.8 Å². The zero-order chi connectivity index (χ0) is 30.4. The van der Waals surface area contributed by atoms with Crippen molar-refractivity contribution in [1.82, 2.24) is 10.2 Å². The summed E-state index contributed by atoms with van der Waals surface area (Å²) < 4.78 is 38.8. The van der Waals surface area contributed by atoms with Crippen LogP contribution in [0.3, 0.4) is 0 Å². The van der Waals surface area contributed by atoms with E-state index in [-0.39, 0.29) is 31.0 Å². The molecular formula is C33H39N3O6S. The number of rotatable bonds is 12. The van der Waals surface area contributed by atoms with Crippen molar-refractivity contribution in [2.24, 2.45) is 0 Å². The van der Waals surface area contributed by atoms with Gasteiger partial charge in [0.1, 0.15) is 12.6 Å². The number of fused-ring (bicyclic) bond motifs is 1. The van der Waals surface area contributed by atoms with Gasteiger partial charge in [-0.2, -0.15) is 0 Å². The van der Waals surface area contributed by atoms with Crippen LogP contribution in [0.1, 0.15) is 49.3 Å². The molecule has 1 fully saturated rings. The third kappa shape index (κ3) is 7.48. The number of amides is 2. The molecule has 2 amide bonds. The standard InChI is InChI=1S/C33H39N3O6S/c1-3-43(39,40)36(28-16-17-30-31(20-28)42-23-41-30)22-32(37)35(21-26-13-9-10-24(2)18-26)29(19-25-11-5-4-6-12-25)33(38)34-27-14-7-8-15-27/h4-6,9-13,16-18,20,27,29H,3,7-8,14-15,19,21-23H2,1-2H3,(H,34,38)/t29-/m1/s1. The maximum Gasteiger partial charge on any atom is 0.244 e. The van der Waals surface area contributed by atoms with Crippen molar-refractivity contribution < 1.29 is 27.5 Å². The minimum absolute atomic E-state index is 0.0415. The molecule has 2 aliphatic rings. The molecular weight excluding hydrogens is 566 g/mol. The Hall–Kier alpha value is -4.05. The molecule has 0 bridgehead atoms. The lowest BCUT2D eigenvalue weighted by Crippen LogP contribution is -2.54. The molecule has 0 radical (unpaired) electrons. The summed E-state index contributed by atoms with van der Waals surface area (Å²) in [4.78, 5) is 29.9. The van der Waals surface area contributed by atoms with Crippen LogP contribution in [0, 0.1) is 6.92 Å². The molecule has 3 aromatic rings. The lowest BCUT2D eigenvalue weighted by Gasteiger charge is -2.34. The van der Waals surface area contributed by atoms with E-state index in [1.54, 1.807) is 18.2 Å². The number of ether oxygens (including phenoxy) is 2. The van der Waals surface area contributed by atoms with Gasteiger partial charge in [-0.25, -0.2) is 8.42 Å². The first-order chi connectivity index (χ1) is 20.7. The van der Waals surface area contributed by atoms with Crippen LogP contribution in [-0.4, -0.2) is 56.3 Å². The Morgan fingerprint density at radius 3 is 2.37 bits per heavy atom. The second-order valence-electron chi connectivity index (χ2n) is 11.2. The van der Waals surface area contributed by atoms with Crippen LogP contribution < -0.4 is 19.1 Å². The van der Waals surface area contributed by atoms with Crippen LogP contribution in [0.5, 0.6) is 11.5 Å². The van der Waals surface area contributed by atoms with Gasteiger partial charge < -0.3 is 19.7 Å². The van der Waals surface area contributed by atoms with Crippen LogP contribution in [0.4, 0.5) is 5.69 Å². The van der Waals surface area contributed by atoms with Gasteiger partial charge >= 0.3 is 0 Å². The molecule has 1 saturated carbocycles. The minimum Gasteiger partial charge on any atom is -0.454 e. The predicted molar refractivity (Wildman–Crippen MR) is 165 cm³/mol. The third-order valence-electron chi connectivity index (χ3n) is 8.03. The highest BCUT2D eigenvalue weighted by atomic mass is 32.2.